The molecule has 1 aliphatic carbocycles. The van der Waals surface area contributed by atoms with E-state index in [2.05, 4.69) is 70.3 Å². The molecule has 0 unspecified atom stereocenters. The van der Waals surface area contributed by atoms with E-state index in [1.165, 1.54) is 0 Å². The molecular formula is C59H79N13O9. The minimum atomic E-state index is -1.28. The van der Waals surface area contributed by atoms with Gasteiger partial charge in [-0.3, -0.25) is 38.6 Å². The van der Waals surface area contributed by atoms with Crippen LogP contribution in [0.5, 0.6) is 0 Å². The second-order valence-corrected chi connectivity index (χ2v) is 22.3. The van der Waals surface area contributed by atoms with Crippen LogP contribution in [-0.2, 0) is 33.6 Å². The molecule has 0 aromatic heterocycles. The van der Waals surface area contributed by atoms with Crippen molar-refractivity contribution in [1.29, 1.82) is 0 Å². The van der Waals surface area contributed by atoms with Gasteiger partial charge in [-0.2, -0.15) is 0 Å². The first-order valence-electron chi connectivity index (χ1n) is 28.0. The quantitative estimate of drug-likeness (QED) is 0.0392. The van der Waals surface area contributed by atoms with Crippen molar-refractivity contribution in [3.8, 4) is 0 Å². The third kappa shape index (κ3) is 13.7. The van der Waals surface area contributed by atoms with Gasteiger partial charge in [-0.05, 0) is 118 Å². The van der Waals surface area contributed by atoms with Gasteiger partial charge in [0, 0.05) is 65.9 Å². The number of aliphatic hydroxyl groups is 1. The van der Waals surface area contributed by atoms with Crippen molar-refractivity contribution in [3.63, 3.8) is 0 Å². The number of carbonyl (C=O) groups is 7. The lowest BCUT2D eigenvalue weighted by molar-refractivity contribution is -0.140. The van der Waals surface area contributed by atoms with Gasteiger partial charge in [0.05, 0.1) is 40.8 Å². The normalized spacial score (nSPS) is 21.2. The molecule has 434 valence electrons. The summed E-state index contributed by atoms with van der Waals surface area (Å²) >= 11 is 0. The standard InChI is InChI=1S/C59H79N13O9/c1-11-34-30(7)39-23-41-32(9)36(53(67-41)37-22-47(73)51-33(10)42(68-54(37)51)25-44-35(12-2)31(8)40(66-44)24-43(34)65-39)17-18-49(75)72-20-14-16-46(72)57(80)70-45(21-28(3)4)56(79)63-26-48(74)71-52(29(5)6)58(81)69-38(15-13-19-62-59(60)61)55(78)64-27-50(76)77/h11,23-25,28-29,32,36,38,45-46,52,67,73H,1,12-22,26-27H2,2-10H3,(H,63,79)(H,64,78)(H,69,81)(H,70,80)(H,71,74)(H,76,77)(H4,60,61,62)/t32-,36-,38-,45-,46-,52-/m0/s1. The second kappa shape index (κ2) is 26.0. The SMILES string of the molecule is C=CC1=C(C)C2=NC1=CC1=NC(=CC3=C(C)C4=C(O)CC(=C5NC(=C2)[C@@H](C)[C@@H]5CCC(=O)N2CCC[C@H]2C(=O)N[C@@H](CC(C)C)C(=O)NCC(=O)N[C@H](C(=O)N[C@@H](CCCN=C(N)N)C(=O)NCC(=O)O)C(C)C)C4=N3)C(CC)=C1C. The summed E-state index contributed by atoms with van der Waals surface area (Å²) in [4.78, 5) is 114. The summed E-state index contributed by atoms with van der Waals surface area (Å²) < 4.78 is 0. The smallest absolute Gasteiger partial charge is 0.322 e. The number of amides is 6. The number of carbonyl (C=O) groups excluding carboxylic acids is 6. The van der Waals surface area contributed by atoms with Gasteiger partial charge in [0.1, 0.15) is 36.5 Å². The fourth-order valence-electron chi connectivity index (χ4n) is 11.5. The average Bonchev–Trinajstić information content (AvgIpc) is 4.44. The monoisotopic (exact) mass is 1110 g/mol. The Morgan fingerprint density at radius 2 is 1.58 bits per heavy atom. The topological polar surface area (TPSA) is 337 Å². The van der Waals surface area contributed by atoms with Gasteiger partial charge in [-0.15, -0.1) is 0 Å². The largest absolute Gasteiger partial charge is 0.511 e. The van der Waals surface area contributed by atoms with Gasteiger partial charge < -0.3 is 58.5 Å². The molecule has 0 aromatic rings. The van der Waals surface area contributed by atoms with E-state index < -0.39 is 78.7 Å². The van der Waals surface area contributed by atoms with E-state index in [4.69, 9.17) is 31.6 Å². The number of fused-ring (bicyclic) bond motifs is 5. The molecule has 0 spiro atoms. The van der Waals surface area contributed by atoms with Gasteiger partial charge in [0.15, 0.2) is 5.96 Å². The summed E-state index contributed by atoms with van der Waals surface area (Å²) in [6.07, 6.45) is 10.9. The first kappa shape index (κ1) is 60.5. The average molecular weight is 1110 g/mol. The van der Waals surface area contributed by atoms with E-state index in [-0.39, 0.29) is 74.0 Å². The van der Waals surface area contributed by atoms with Gasteiger partial charge in [0.2, 0.25) is 35.4 Å². The van der Waals surface area contributed by atoms with Crippen molar-refractivity contribution >= 4 is 64.5 Å². The molecule has 22 nitrogen and oxygen atoms in total. The lowest BCUT2D eigenvalue weighted by atomic mass is 9.86. The highest BCUT2D eigenvalue weighted by atomic mass is 16.4. The van der Waals surface area contributed by atoms with Crippen LogP contribution in [0.4, 0.5) is 0 Å². The molecule has 2 fully saturated rings. The number of hydrogen-bond acceptors (Lipinski definition) is 13. The molecule has 7 aliphatic rings. The van der Waals surface area contributed by atoms with Crippen molar-refractivity contribution < 1.29 is 43.8 Å². The molecule has 6 atom stereocenters. The van der Waals surface area contributed by atoms with E-state index >= 15 is 0 Å². The highest BCUT2D eigenvalue weighted by molar-refractivity contribution is 6.21. The van der Waals surface area contributed by atoms with Crippen LogP contribution in [0.3, 0.4) is 0 Å². The lowest BCUT2D eigenvalue weighted by Crippen LogP contribution is -2.57. The minimum absolute atomic E-state index is 0.0511. The fraction of sp³-hybridized carbons (Fsp3) is 0.508. The van der Waals surface area contributed by atoms with Crippen LogP contribution >= 0.6 is 0 Å². The number of nitrogens with two attached hydrogens (primary N) is 2. The molecule has 0 aromatic carbocycles. The summed E-state index contributed by atoms with van der Waals surface area (Å²) in [5, 5.41) is 37.4. The summed E-state index contributed by atoms with van der Waals surface area (Å²) in [6, 6.07) is -4.25. The van der Waals surface area contributed by atoms with E-state index in [1.54, 1.807) is 18.7 Å². The van der Waals surface area contributed by atoms with Crippen molar-refractivity contribution in [1.82, 2.24) is 36.8 Å². The molecule has 0 radical (unpaired) electrons. The number of nitrogens with zero attached hydrogens (tertiary/aromatic N) is 5. The van der Waals surface area contributed by atoms with Crippen molar-refractivity contribution in [3.05, 3.63) is 104 Å². The Hall–Kier alpha value is -8.17. The molecule has 6 heterocycles. The third-order valence-corrected chi connectivity index (χ3v) is 15.9. The number of nitrogens with one attached hydrogen (secondary N) is 6. The predicted molar refractivity (Wildman–Crippen MR) is 310 cm³/mol. The molecule has 8 bridgehead atoms. The zero-order chi connectivity index (χ0) is 59.1. The van der Waals surface area contributed by atoms with Gasteiger partial charge >= 0.3 is 5.97 Å². The number of aliphatic hydroxyl groups excluding tert-OH is 1. The molecule has 0 saturated carbocycles. The van der Waals surface area contributed by atoms with Crippen LogP contribution in [0.25, 0.3) is 0 Å². The van der Waals surface area contributed by atoms with Crippen LogP contribution < -0.4 is 43.4 Å². The maximum absolute atomic E-state index is 14.5. The summed E-state index contributed by atoms with van der Waals surface area (Å²) in [6.45, 7) is 20.8. The van der Waals surface area contributed by atoms with Crippen LogP contribution in [0, 0.1) is 23.7 Å². The number of likely N-dealkylation sites (tertiary alicyclic amines) is 1. The fourth-order valence-corrected chi connectivity index (χ4v) is 11.5. The Labute approximate surface area is 473 Å². The molecule has 12 N–H and O–H groups in total. The first-order valence-corrected chi connectivity index (χ1v) is 28.0. The lowest BCUT2D eigenvalue weighted by Gasteiger charge is -2.28. The van der Waals surface area contributed by atoms with Crippen molar-refractivity contribution in [2.75, 3.05) is 26.2 Å². The number of guanidine groups is 1. The Bertz CT molecular complexity index is 3060. The number of rotatable bonds is 23. The minimum Gasteiger partial charge on any atom is -0.511 e. The number of aliphatic imine (C=N–C) groups is 4. The Morgan fingerprint density at radius 3 is 2.25 bits per heavy atom. The number of hydrogen-bond donors (Lipinski definition) is 10. The van der Waals surface area contributed by atoms with Gasteiger partial charge in [-0.25, -0.2) is 15.0 Å². The number of carboxylic acid groups (broad SMARTS) is 1. The number of allylic oxidation sites excluding steroid dienone is 12. The second-order valence-electron chi connectivity index (χ2n) is 22.3. The molecule has 6 aliphatic heterocycles. The van der Waals surface area contributed by atoms with Crippen molar-refractivity contribution in [2.24, 2.45) is 55.1 Å². The highest BCUT2D eigenvalue weighted by Crippen LogP contribution is 2.47. The summed E-state index contributed by atoms with van der Waals surface area (Å²) in [7, 11) is 0. The molecule has 22 heteroatoms. The summed E-state index contributed by atoms with van der Waals surface area (Å²) in [5.74, 6) is -5.62. The number of carboxylic acids is 1. The van der Waals surface area contributed by atoms with E-state index in [0.717, 1.165) is 79.8 Å². The van der Waals surface area contributed by atoms with Crippen molar-refractivity contribution in [2.45, 2.75) is 144 Å². The summed E-state index contributed by atoms with van der Waals surface area (Å²) in [5.41, 5.74) is 23.7. The molecule has 7 rings (SSSR count). The van der Waals surface area contributed by atoms with Crippen LogP contribution in [0.1, 0.15) is 120 Å². The van der Waals surface area contributed by atoms with Crippen LogP contribution in [0.15, 0.2) is 124 Å². The maximum atomic E-state index is 14.5. The van der Waals surface area contributed by atoms with Gasteiger partial charge in [0.25, 0.3) is 0 Å². The van der Waals surface area contributed by atoms with Crippen LogP contribution in [-0.4, -0.2) is 130 Å². The third-order valence-electron chi connectivity index (χ3n) is 15.9. The molecule has 2 saturated heterocycles. The zero-order valence-corrected chi connectivity index (χ0v) is 48.0. The Morgan fingerprint density at radius 1 is 0.889 bits per heavy atom. The molecule has 81 heavy (non-hydrogen) atoms. The molecule has 6 amide bonds. The maximum Gasteiger partial charge on any atom is 0.322 e. The Kier molecular flexibility index (Phi) is 19.4. The molecular weight excluding hydrogens is 1030 g/mol. The number of aliphatic carboxylic acids is 1. The Balaban J connectivity index is 1.03. The first-order chi connectivity index (χ1) is 38.4. The zero-order valence-electron chi connectivity index (χ0n) is 48.0. The van der Waals surface area contributed by atoms with Gasteiger partial charge in [-0.1, -0.05) is 54.2 Å². The van der Waals surface area contributed by atoms with E-state index in [1.807, 2.05) is 45.9 Å². The highest BCUT2D eigenvalue weighted by Gasteiger charge is 2.43. The van der Waals surface area contributed by atoms with Crippen LogP contribution in [0.2, 0.25) is 0 Å². The van der Waals surface area contributed by atoms with E-state index in [0.29, 0.717) is 37.1 Å². The predicted octanol–water partition coefficient (Wildman–Crippen LogP) is 4.14. The van der Waals surface area contributed by atoms with E-state index in [9.17, 15) is 38.7 Å².